The lowest BCUT2D eigenvalue weighted by molar-refractivity contribution is 0.628. The minimum atomic E-state index is -0.328. The van der Waals surface area contributed by atoms with Gasteiger partial charge in [0.2, 0.25) is 0 Å². The van der Waals surface area contributed by atoms with E-state index in [1.165, 1.54) is 16.8 Å². The average molecular weight is 254 g/mol. The number of aromatic nitrogens is 3. The number of para-hydroxylation sites is 1. The molecule has 0 aliphatic heterocycles. The molecule has 0 saturated heterocycles. The summed E-state index contributed by atoms with van der Waals surface area (Å²) in [5.74, 6) is 0.0583. The first-order valence-corrected chi connectivity index (χ1v) is 5.78. The first-order chi connectivity index (χ1) is 9.25. The van der Waals surface area contributed by atoms with Crippen LogP contribution >= 0.6 is 0 Å². The van der Waals surface area contributed by atoms with Gasteiger partial charge < -0.3 is 5.73 Å². The van der Waals surface area contributed by atoms with Crippen molar-refractivity contribution >= 4 is 5.82 Å². The van der Waals surface area contributed by atoms with Gasteiger partial charge in [0.05, 0.1) is 5.69 Å². The lowest BCUT2D eigenvalue weighted by Crippen LogP contribution is -2.01. The van der Waals surface area contributed by atoms with Gasteiger partial charge in [0, 0.05) is 5.56 Å². The summed E-state index contributed by atoms with van der Waals surface area (Å²) in [7, 11) is 0. The quantitative estimate of drug-likeness (QED) is 0.764. The van der Waals surface area contributed by atoms with Crippen molar-refractivity contribution in [3.8, 4) is 16.9 Å². The number of nitrogens with zero attached hydrogens (tertiary/aromatic N) is 3. The fourth-order valence-corrected chi connectivity index (χ4v) is 1.89. The zero-order valence-electron chi connectivity index (χ0n) is 9.99. The van der Waals surface area contributed by atoms with Crippen LogP contribution < -0.4 is 5.73 Å². The Hall–Kier alpha value is -2.69. The van der Waals surface area contributed by atoms with Gasteiger partial charge in [0.25, 0.3) is 0 Å². The Morgan fingerprint density at radius 1 is 1.00 bits per heavy atom. The van der Waals surface area contributed by atoms with Crippen molar-refractivity contribution < 1.29 is 4.39 Å². The summed E-state index contributed by atoms with van der Waals surface area (Å²) < 4.78 is 14.7. The van der Waals surface area contributed by atoms with E-state index in [2.05, 4.69) is 10.3 Å². The number of hydrogen-bond acceptors (Lipinski definition) is 3. The van der Waals surface area contributed by atoms with Gasteiger partial charge in [-0.1, -0.05) is 35.5 Å². The van der Waals surface area contributed by atoms with Crippen LogP contribution in [0.2, 0.25) is 0 Å². The highest BCUT2D eigenvalue weighted by Gasteiger charge is 2.13. The number of anilines is 1. The number of hydrogen-bond donors (Lipinski definition) is 1. The predicted octanol–water partition coefficient (Wildman–Crippen LogP) is 2.66. The van der Waals surface area contributed by atoms with Crippen LogP contribution in [0.3, 0.4) is 0 Å². The molecule has 0 amide bonds. The van der Waals surface area contributed by atoms with Gasteiger partial charge >= 0.3 is 0 Å². The molecule has 94 valence electrons. The van der Waals surface area contributed by atoms with E-state index in [0.717, 1.165) is 5.69 Å². The molecule has 0 aliphatic rings. The molecule has 2 aromatic carbocycles. The monoisotopic (exact) mass is 254 g/mol. The normalized spacial score (nSPS) is 10.6. The van der Waals surface area contributed by atoms with Crippen LogP contribution in [0.15, 0.2) is 54.6 Å². The third-order valence-corrected chi connectivity index (χ3v) is 2.80. The molecule has 0 saturated carbocycles. The third kappa shape index (κ3) is 2.06. The van der Waals surface area contributed by atoms with Crippen LogP contribution in [0.1, 0.15) is 0 Å². The van der Waals surface area contributed by atoms with Gasteiger partial charge in [0.1, 0.15) is 11.5 Å². The van der Waals surface area contributed by atoms with E-state index in [0.29, 0.717) is 17.1 Å². The van der Waals surface area contributed by atoms with Crippen molar-refractivity contribution in [3.05, 3.63) is 60.4 Å². The van der Waals surface area contributed by atoms with E-state index >= 15 is 0 Å². The summed E-state index contributed by atoms with van der Waals surface area (Å²) in [6.07, 6.45) is 0. The van der Waals surface area contributed by atoms with E-state index in [1.54, 1.807) is 12.1 Å². The molecule has 2 N–H and O–H groups in total. The molecular formula is C14H11FN4. The second-order valence-electron chi connectivity index (χ2n) is 4.08. The molecule has 0 spiro atoms. The standard InChI is InChI=1S/C14H11FN4/c15-11-6-4-5-10(9-11)13-14(16)19(18-17-13)12-7-2-1-3-8-12/h1-9H,16H2. The number of halogens is 1. The fourth-order valence-electron chi connectivity index (χ4n) is 1.89. The Labute approximate surface area is 109 Å². The van der Waals surface area contributed by atoms with Crippen molar-refractivity contribution in [2.75, 3.05) is 5.73 Å². The molecule has 0 aliphatic carbocycles. The molecule has 5 heteroatoms. The summed E-state index contributed by atoms with van der Waals surface area (Å²) in [5, 5.41) is 8.04. The predicted molar refractivity (Wildman–Crippen MR) is 71.2 cm³/mol. The lowest BCUT2D eigenvalue weighted by Gasteiger charge is -2.03. The molecule has 0 atom stereocenters. The van der Waals surface area contributed by atoms with Crippen LogP contribution in [-0.4, -0.2) is 15.0 Å². The third-order valence-electron chi connectivity index (χ3n) is 2.80. The van der Waals surface area contributed by atoms with Crippen LogP contribution in [0.25, 0.3) is 16.9 Å². The molecular weight excluding hydrogens is 243 g/mol. The average Bonchev–Trinajstić information content (AvgIpc) is 2.81. The zero-order chi connectivity index (χ0) is 13.2. The highest BCUT2D eigenvalue weighted by molar-refractivity contribution is 5.70. The van der Waals surface area contributed by atoms with Crippen molar-refractivity contribution in [1.82, 2.24) is 15.0 Å². The molecule has 1 heterocycles. The zero-order valence-corrected chi connectivity index (χ0v) is 9.99. The lowest BCUT2D eigenvalue weighted by atomic mass is 10.1. The Kier molecular flexibility index (Phi) is 2.72. The van der Waals surface area contributed by atoms with Gasteiger partial charge in [0.15, 0.2) is 5.82 Å². The SMILES string of the molecule is Nc1c(-c2cccc(F)c2)nnn1-c1ccccc1. The van der Waals surface area contributed by atoms with E-state index in [1.807, 2.05) is 30.3 Å². The first-order valence-electron chi connectivity index (χ1n) is 5.78. The highest BCUT2D eigenvalue weighted by Crippen LogP contribution is 2.25. The molecule has 0 bridgehead atoms. The van der Waals surface area contributed by atoms with Gasteiger partial charge in [-0.3, -0.25) is 0 Å². The molecule has 19 heavy (non-hydrogen) atoms. The maximum absolute atomic E-state index is 13.2. The molecule has 0 fully saturated rings. The van der Waals surface area contributed by atoms with Crippen LogP contribution in [-0.2, 0) is 0 Å². The summed E-state index contributed by atoms with van der Waals surface area (Å²) in [6, 6.07) is 15.6. The van der Waals surface area contributed by atoms with Gasteiger partial charge in [-0.25, -0.2) is 4.39 Å². The molecule has 3 aromatic rings. The fraction of sp³-hybridized carbons (Fsp3) is 0. The summed E-state index contributed by atoms with van der Waals surface area (Å²) in [5.41, 5.74) is 7.93. The topological polar surface area (TPSA) is 56.7 Å². The van der Waals surface area contributed by atoms with Crippen molar-refractivity contribution in [3.63, 3.8) is 0 Å². The second kappa shape index (κ2) is 4.53. The minimum Gasteiger partial charge on any atom is -0.382 e. The number of rotatable bonds is 2. The summed E-state index contributed by atoms with van der Waals surface area (Å²) in [6.45, 7) is 0. The summed E-state index contributed by atoms with van der Waals surface area (Å²) >= 11 is 0. The van der Waals surface area contributed by atoms with Gasteiger partial charge in [-0.2, -0.15) is 4.68 Å². The Balaban J connectivity index is 2.09. The van der Waals surface area contributed by atoms with Crippen LogP contribution in [0.4, 0.5) is 10.2 Å². The number of benzene rings is 2. The minimum absolute atomic E-state index is 0.328. The highest BCUT2D eigenvalue weighted by atomic mass is 19.1. The van der Waals surface area contributed by atoms with E-state index < -0.39 is 0 Å². The molecule has 3 rings (SSSR count). The molecule has 4 nitrogen and oxygen atoms in total. The Morgan fingerprint density at radius 3 is 2.53 bits per heavy atom. The van der Waals surface area contributed by atoms with Crippen LogP contribution in [0, 0.1) is 5.82 Å². The van der Waals surface area contributed by atoms with Crippen molar-refractivity contribution in [1.29, 1.82) is 0 Å². The largest absolute Gasteiger partial charge is 0.382 e. The van der Waals surface area contributed by atoms with Crippen molar-refractivity contribution in [2.24, 2.45) is 0 Å². The van der Waals surface area contributed by atoms with Crippen molar-refractivity contribution in [2.45, 2.75) is 0 Å². The maximum atomic E-state index is 13.2. The molecule has 1 aromatic heterocycles. The first kappa shape index (κ1) is 11.4. The summed E-state index contributed by atoms with van der Waals surface area (Å²) in [4.78, 5) is 0. The van der Waals surface area contributed by atoms with Crippen LogP contribution in [0.5, 0.6) is 0 Å². The van der Waals surface area contributed by atoms with Gasteiger partial charge in [-0.05, 0) is 24.3 Å². The van der Waals surface area contributed by atoms with E-state index in [9.17, 15) is 4.39 Å². The maximum Gasteiger partial charge on any atom is 0.155 e. The Morgan fingerprint density at radius 2 is 1.79 bits per heavy atom. The van der Waals surface area contributed by atoms with Gasteiger partial charge in [-0.15, -0.1) is 5.10 Å². The van der Waals surface area contributed by atoms with E-state index in [-0.39, 0.29) is 5.82 Å². The second-order valence-corrected chi connectivity index (χ2v) is 4.08. The molecule has 0 radical (unpaired) electrons. The molecule has 0 unspecified atom stereocenters. The number of nitrogens with two attached hydrogens (primary N) is 1. The Bertz CT molecular complexity index is 706. The number of nitrogen functional groups attached to an aromatic ring is 1. The van der Waals surface area contributed by atoms with E-state index in [4.69, 9.17) is 5.73 Å². The smallest absolute Gasteiger partial charge is 0.155 e.